The van der Waals surface area contributed by atoms with Crippen LogP contribution in [0.2, 0.25) is 0 Å². The van der Waals surface area contributed by atoms with Crippen LogP contribution in [0, 0.1) is 5.82 Å². The van der Waals surface area contributed by atoms with E-state index in [0.717, 1.165) is 12.3 Å². The standard InChI is InChI=1S/C12H9BrFNO3S/c1-19(16,17)11-3-2-6-15-12(11)18-8-4-5-9(13)10(14)7-8/h2-7H,1H3. The molecule has 7 heteroatoms. The minimum absolute atomic E-state index is 0.0432. The summed E-state index contributed by atoms with van der Waals surface area (Å²) in [6, 6.07) is 6.99. The van der Waals surface area contributed by atoms with E-state index in [2.05, 4.69) is 20.9 Å². The van der Waals surface area contributed by atoms with E-state index in [1.165, 1.54) is 30.5 Å². The smallest absolute Gasteiger partial charge is 0.238 e. The van der Waals surface area contributed by atoms with Crippen LogP contribution in [0.4, 0.5) is 4.39 Å². The Morgan fingerprint density at radius 1 is 1.32 bits per heavy atom. The summed E-state index contributed by atoms with van der Waals surface area (Å²) in [5, 5.41) is 0. The van der Waals surface area contributed by atoms with Gasteiger partial charge in [-0.3, -0.25) is 0 Å². The molecule has 0 unspecified atom stereocenters. The molecule has 0 radical (unpaired) electrons. The van der Waals surface area contributed by atoms with Crippen molar-refractivity contribution in [1.29, 1.82) is 0 Å². The molecule has 0 fully saturated rings. The van der Waals surface area contributed by atoms with E-state index >= 15 is 0 Å². The lowest BCUT2D eigenvalue weighted by Gasteiger charge is -2.08. The molecule has 100 valence electrons. The molecule has 1 aromatic heterocycles. The minimum atomic E-state index is -3.46. The lowest BCUT2D eigenvalue weighted by atomic mass is 10.3. The molecule has 0 amide bonds. The average molecular weight is 346 g/mol. The van der Waals surface area contributed by atoms with Gasteiger partial charge in [0, 0.05) is 18.5 Å². The van der Waals surface area contributed by atoms with Crippen LogP contribution in [0.15, 0.2) is 45.9 Å². The second-order valence-corrected chi connectivity index (χ2v) is 6.60. The number of ether oxygens (including phenoxy) is 1. The van der Waals surface area contributed by atoms with Crippen LogP contribution in [0.3, 0.4) is 0 Å². The monoisotopic (exact) mass is 345 g/mol. The second-order valence-electron chi connectivity index (χ2n) is 3.76. The molecular weight excluding hydrogens is 337 g/mol. The first-order chi connectivity index (χ1) is 8.88. The van der Waals surface area contributed by atoms with Gasteiger partial charge >= 0.3 is 0 Å². The summed E-state index contributed by atoms with van der Waals surface area (Å²) in [6.45, 7) is 0. The number of nitrogens with zero attached hydrogens (tertiary/aromatic N) is 1. The van der Waals surface area contributed by atoms with Gasteiger partial charge in [0.2, 0.25) is 5.88 Å². The molecule has 0 bridgehead atoms. The minimum Gasteiger partial charge on any atom is -0.438 e. The lowest BCUT2D eigenvalue weighted by Crippen LogP contribution is -2.01. The molecule has 0 saturated carbocycles. The summed E-state index contributed by atoms with van der Waals surface area (Å²) in [4.78, 5) is 3.81. The van der Waals surface area contributed by atoms with Crippen LogP contribution in [0.25, 0.3) is 0 Å². The van der Waals surface area contributed by atoms with Crippen LogP contribution >= 0.6 is 15.9 Å². The Balaban J connectivity index is 2.41. The fourth-order valence-corrected chi connectivity index (χ4v) is 2.37. The van der Waals surface area contributed by atoms with Crippen LogP contribution < -0.4 is 4.74 Å². The average Bonchev–Trinajstić information content (AvgIpc) is 2.33. The van der Waals surface area contributed by atoms with E-state index in [-0.39, 0.29) is 16.5 Å². The number of pyridine rings is 1. The summed E-state index contributed by atoms with van der Waals surface area (Å²) >= 11 is 3.02. The largest absolute Gasteiger partial charge is 0.438 e. The van der Waals surface area contributed by atoms with E-state index < -0.39 is 15.7 Å². The van der Waals surface area contributed by atoms with Crippen LogP contribution in [0.1, 0.15) is 0 Å². The van der Waals surface area contributed by atoms with Crippen molar-refractivity contribution in [3.63, 3.8) is 0 Å². The molecule has 1 heterocycles. The molecule has 4 nitrogen and oxygen atoms in total. The number of sulfone groups is 1. The zero-order valence-corrected chi connectivity index (χ0v) is 12.2. The highest BCUT2D eigenvalue weighted by Gasteiger charge is 2.16. The highest BCUT2D eigenvalue weighted by molar-refractivity contribution is 9.10. The Kier molecular flexibility index (Phi) is 3.86. The third kappa shape index (κ3) is 3.30. The number of halogens is 2. The van der Waals surface area contributed by atoms with Gasteiger partial charge in [-0.25, -0.2) is 17.8 Å². The van der Waals surface area contributed by atoms with Crippen LogP contribution in [-0.2, 0) is 9.84 Å². The molecule has 0 aliphatic rings. The Hall–Kier alpha value is -1.47. The molecule has 2 rings (SSSR count). The molecule has 0 atom stereocenters. The Bertz CT molecular complexity index is 719. The first-order valence-electron chi connectivity index (χ1n) is 5.16. The van der Waals surface area contributed by atoms with Gasteiger partial charge in [0.15, 0.2) is 9.84 Å². The molecule has 0 N–H and O–H groups in total. The topological polar surface area (TPSA) is 56.3 Å². The summed E-state index contributed by atoms with van der Waals surface area (Å²) in [5.74, 6) is -0.412. The summed E-state index contributed by atoms with van der Waals surface area (Å²) in [6.07, 6.45) is 2.46. The van der Waals surface area contributed by atoms with E-state index in [1.807, 2.05) is 0 Å². The van der Waals surface area contributed by atoms with Gasteiger partial charge in [-0.1, -0.05) is 0 Å². The van der Waals surface area contributed by atoms with Gasteiger partial charge < -0.3 is 4.74 Å². The van der Waals surface area contributed by atoms with Crippen molar-refractivity contribution in [1.82, 2.24) is 4.98 Å². The highest BCUT2D eigenvalue weighted by atomic mass is 79.9. The highest BCUT2D eigenvalue weighted by Crippen LogP contribution is 2.28. The van der Waals surface area contributed by atoms with E-state index in [1.54, 1.807) is 0 Å². The number of benzene rings is 1. The van der Waals surface area contributed by atoms with Gasteiger partial charge in [-0.05, 0) is 40.2 Å². The van der Waals surface area contributed by atoms with Crippen molar-refractivity contribution >= 4 is 25.8 Å². The molecule has 1 aromatic carbocycles. The summed E-state index contributed by atoms with van der Waals surface area (Å²) in [5.41, 5.74) is 0. The normalized spacial score (nSPS) is 11.3. The van der Waals surface area contributed by atoms with E-state index in [9.17, 15) is 12.8 Å². The van der Waals surface area contributed by atoms with Gasteiger partial charge in [-0.15, -0.1) is 0 Å². The fourth-order valence-electron chi connectivity index (χ4n) is 1.39. The SMILES string of the molecule is CS(=O)(=O)c1cccnc1Oc1ccc(Br)c(F)c1. The van der Waals surface area contributed by atoms with Crippen molar-refractivity contribution in [3.05, 3.63) is 46.8 Å². The first kappa shape index (κ1) is 14.0. The molecule has 19 heavy (non-hydrogen) atoms. The second kappa shape index (κ2) is 5.26. The van der Waals surface area contributed by atoms with Crippen LogP contribution in [0.5, 0.6) is 11.6 Å². The van der Waals surface area contributed by atoms with Crippen molar-refractivity contribution < 1.29 is 17.5 Å². The number of rotatable bonds is 3. The predicted octanol–water partition coefficient (Wildman–Crippen LogP) is 3.18. The number of hydrogen-bond donors (Lipinski definition) is 0. The maximum absolute atomic E-state index is 13.4. The molecule has 2 aromatic rings. The van der Waals surface area contributed by atoms with E-state index in [0.29, 0.717) is 4.47 Å². The zero-order chi connectivity index (χ0) is 14.0. The van der Waals surface area contributed by atoms with Gasteiger partial charge in [0.25, 0.3) is 0 Å². The van der Waals surface area contributed by atoms with Gasteiger partial charge in [0.05, 0.1) is 4.47 Å². The Morgan fingerprint density at radius 2 is 2.05 bits per heavy atom. The van der Waals surface area contributed by atoms with Crippen molar-refractivity contribution in [2.75, 3.05) is 6.26 Å². The van der Waals surface area contributed by atoms with E-state index in [4.69, 9.17) is 4.74 Å². The fraction of sp³-hybridized carbons (Fsp3) is 0.0833. The van der Waals surface area contributed by atoms with Gasteiger partial charge in [-0.2, -0.15) is 0 Å². The first-order valence-corrected chi connectivity index (χ1v) is 7.84. The van der Waals surface area contributed by atoms with Crippen molar-refractivity contribution in [2.45, 2.75) is 4.90 Å². The predicted molar refractivity (Wildman–Crippen MR) is 71.5 cm³/mol. The van der Waals surface area contributed by atoms with Crippen molar-refractivity contribution in [2.24, 2.45) is 0 Å². The quantitative estimate of drug-likeness (QED) is 0.857. The Labute approximate surface area is 118 Å². The molecule has 0 aliphatic heterocycles. The third-order valence-corrected chi connectivity index (χ3v) is 3.99. The maximum Gasteiger partial charge on any atom is 0.238 e. The van der Waals surface area contributed by atoms with Crippen molar-refractivity contribution in [3.8, 4) is 11.6 Å². The molecule has 0 aliphatic carbocycles. The van der Waals surface area contributed by atoms with Crippen LogP contribution in [-0.4, -0.2) is 19.7 Å². The number of aromatic nitrogens is 1. The Morgan fingerprint density at radius 3 is 2.68 bits per heavy atom. The lowest BCUT2D eigenvalue weighted by molar-refractivity contribution is 0.443. The molecule has 0 saturated heterocycles. The maximum atomic E-state index is 13.4. The third-order valence-electron chi connectivity index (χ3n) is 2.24. The number of hydrogen-bond acceptors (Lipinski definition) is 4. The molecule has 0 spiro atoms. The zero-order valence-electron chi connectivity index (χ0n) is 9.80. The van der Waals surface area contributed by atoms with Gasteiger partial charge in [0.1, 0.15) is 16.5 Å². The summed E-state index contributed by atoms with van der Waals surface area (Å²) < 4.78 is 42.1. The summed E-state index contributed by atoms with van der Waals surface area (Å²) in [7, 11) is -3.46. The molecular formula is C12H9BrFNO3S.